The number of rotatable bonds is 6. The Morgan fingerprint density at radius 2 is 1.07 bits per heavy atom. The molecule has 0 unspecified atom stereocenters. The van der Waals surface area contributed by atoms with E-state index in [-0.39, 0.29) is 21.4 Å². The lowest BCUT2D eigenvalue weighted by molar-refractivity contribution is -0.385. The van der Waals surface area contributed by atoms with E-state index in [0.29, 0.717) is 20.9 Å². The van der Waals surface area contributed by atoms with E-state index in [2.05, 4.69) is 0 Å². The molecule has 0 spiro atoms. The highest BCUT2D eigenvalue weighted by atomic mass is 35.5. The molecule has 0 radical (unpaired) electrons. The summed E-state index contributed by atoms with van der Waals surface area (Å²) >= 11 is 26.7. The first-order chi connectivity index (χ1) is 13.2. The van der Waals surface area contributed by atoms with Gasteiger partial charge in [-0.2, -0.15) is 0 Å². The normalized spacial score (nSPS) is 12.1. The molecule has 156 valence electrons. The monoisotopic (exact) mass is 496 g/mol. The highest BCUT2D eigenvalue weighted by Crippen LogP contribution is 2.50. The van der Waals surface area contributed by atoms with E-state index in [9.17, 15) is 20.2 Å². The highest BCUT2D eigenvalue weighted by molar-refractivity contribution is 7.99. The second kappa shape index (κ2) is 8.47. The summed E-state index contributed by atoms with van der Waals surface area (Å²) in [6.45, 7) is 6.66. The van der Waals surface area contributed by atoms with Gasteiger partial charge in [0.1, 0.15) is 10.0 Å². The van der Waals surface area contributed by atoms with Crippen LogP contribution in [0, 0.1) is 20.2 Å². The summed E-state index contributed by atoms with van der Waals surface area (Å²) in [5.74, 6) is 0. The maximum atomic E-state index is 11.3. The van der Waals surface area contributed by atoms with Crippen molar-refractivity contribution in [3.8, 4) is 0 Å². The van der Waals surface area contributed by atoms with Gasteiger partial charge in [0, 0.05) is 33.1 Å². The third kappa shape index (κ3) is 5.09. The van der Waals surface area contributed by atoms with Gasteiger partial charge in [0.05, 0.1) is 19.6 Å². The zero-order valence-electron chi connectivity index (χ0n) is 15.8. The topological polar surface area (TPSA) is 86.3 Å². The Morgan fingerprint density at radius 3 is 1.31 bits per heavy atom. The lowest BCUT2D eigenvalue weighted by Gasteiger charge is -2.25. The number of hydrogen-bond acceptors (Lipinski definition) is 5. The largest absolute Gasteiger partial charge is 0.288 e. The Hall–Kier alpha value is -1.25. The van der Waals surface area contributed by atoms with Crippen LogP contribution in [0.3, 0.4) is 0 Å². The maximum Gasteiger partial charge on any atom is 0.288 e. The molecule has 0 saturated heterocycles. The predicted octanol–water partition coefficient (Wildman–Crippen LogP) is 7.91. The Labute approximate surface area is 191 Å². The lowest BCUT2D eigenvalue weighted by Crippen LogP contribution is -2.13. The average Bonchev–Trinajstić information content (AvgIpc) is 2.51. The molecule has 11 heteroatoms. The molecule has 2 aromatic rings. The van der Waals surface area contributed by atoms with Gasteiger partial charge in [0.2, 0.25) is 0 Å². The van der Waals surface area contributed by atoms with Gasteiger partial charge < -0.3 is 0 Å². The minimum absolute atomic E-state index is 0.0697. The van der Waals surface area contributed by atoms with Crippen LogP contribution < -0.4 is 0 Å². The molecule has 0 aliphatic carbocycles. The summed E-state index contributed by atoms with van der Waals surface area (Å²) in [6.07, 6.45) is 0. The first kappa shape index (κ1) is 24.0. The third-order valence-corrected chi connectivity index (χ3v) is 6.23. The van der Waals surface area contributed by atoms with Gasteiger partial charge in [-0.05, 0) is 39.8 Å². The van der Waals surface area contributed by atoms with Crippen LogP contribution >= 0.6 is 58.2 Å². The highest BCUT2D eigenvalue weighted by Gasteiger charge is 2.33. The van der Waals surface area contributed by atoms with Gasteiger partial charge in [-0.3, -0.25) is 20.2 Å². The Bertz CT molecular complexity index is 921. The molecule has 0 aliphatic rings. The van der Waals surface area contributed by atoms with Crippen LogP contribution in [-0.2, 0) is 9.75 Å². The first-order valence-electron chi connectivity index (χ1n) is 8.16. The fourth-order valence-corrected chi connectivity index (χ4v) is 5.85. The fourth-order valence-electron chi connectivity index (χ4n) is 2.77. The summed E-state index contributed by atoms with van der Waals surface area (Å²) in [5.41, 5.74) is 0.208. The SMILES string of the molecule is CC(C)(Cl)c1c(Sc2ccc([N+](=O)[O-])c(Cl)c2C(C)(C)Cl)ccc([N+](=O)[O-])c1Cl. The van der Waals surface area contributed by atoms with Crippen LogP contribution in [0.4, 0.5) is 11.4 Å². The quantitative estimate of drug-likeness (QED) is 0.230. The minimum atomic E-state index is -1.02. The van der Waals surface area contributed by atoms with E-state index >= 15 is 0 Å². The van der Waals surface area contributed by atoms with Crippen molar-refractivity contribution >= 4 is 69.5 Å². The number of nitro benzene ring substituents is 2. The van der Waals surface area contributed by atoms with E-state index in [1.165, 1.54) is 36.0 Å². The van der Waals surface area contributed by atoms with E-state index < -0.39 is 19.6 Å². The second-order valence-electron chi connectivity index (χ2n) is 7.10. The molecular formula is C18H16Cl4N2O4S. The van der Waals surface area contributed by atoms with Crippen molar-refractivity contribution in [2.75, 3.05) is 0 Å². The zero-order valence-corrected chi connectivity index (χ0v) is 19.6. The lowest BCUT2D eigenvalue weighted by atomic mass is 10.0. The Balaban J connectivity index is 2.75. The van der Waals surface area contributed by atoms with Crippen molar-refractivity contribution in [2.45, 2.75) is 47.2 Å². The molecule has 0 heterocycles. The van der Waals surface area contributed by atoms with Gasteiger partial charge in [0.15, 0.2) is 0 Å². The molecular weight excluding hydrogens is 482 g/mol. The average molecular weight is 498 g/mol. The van der Waals surface area contributed by atoms with Crippen molar-refractivity contribution < 1.29 is 9.85 Å². The van der Waals surface area contributed by atoms with Crippen LogP contribution in [0.5, 0.6) is 0 Å². The number of benzene rings is 2. The first-order valence-corrected chi connectivity index (χ1v) is 10.5. The molecule has 0 aromatic heterocycles. The summed E-state index contributed by atoms with van der Waals surface area (Å²) in [6, 6.07) is 5.65. The van der Waals surface area contributed by atoms with Crippen molar-refractivity contribution in [3.05, 3.63) is 65.7 Å². The molecule has 0 aliphatic heterocycles. The molecule has 6 nitrogen and oxygen atoms in total. The van der Waals surface area contributed by atoms with Gasteiger partial charge in [-0.1, -0.05) is 35.0 Å². The predicted molar refractivity (Wildman–Crippen MR) is 118 cm³/mol. The molecule has 0 atom stereocenters. The van der Waals surface area contributed by atoms with Crippen LogP contribution in [0.1, 0.15) is 38.8 Å². The fraction of sp³-hybridized carbons (Fsp3) is 0.333. The molecule has 2 rings (SSSR count). The Morgan fingerprint density at radius 1 is 0.759 bits per heavy atom. The van der Waals surface area contributed by atoms with Crippen molar-refractivity contribution in [2.24, 2.45) is 0 Å². The van der Waals surface area contributed by atoms with Crippen LogP contribution in [0.2, 0.25) is 10.0 Å². The number of hydrogen-bond donors (Lipinski definition) is 0. The van der Waals surface area contributed by atoms with E-state index in [1.54, 1.807) is 27.7 Å². The Kier molecular flexibility index (Phi) is 7.02. The third-order valence-electron chi connectivity index (χ3n) is 3.97. The van der Waals surface area contributed by atoms with E-state index in [4.69, 9.17) is 46.4 Å². The van der Waals surface area contributed by atoms with Crippen LogP contribution in [0.25, 0.3) is 0 Å². The van der Waals surface area contributed by atoms with Crippen molar-refractivity contribution in [3.63, 3.8) is 0 Å². The van der Waals surface area contributed by atoms with Crippen molar-refractivity contribution in [1.82, 2.24) is 0 Å². The zero-order chi connectivity index (χ0) is 22.3. The van der Waals surface area contributed by atoms with Crippen LogP contribution in [0.15, 0.2) is 34.1 Å². The molecule has 29 heavy (non-hydrogen) atoms. The summed E-state index contributed by atoms with van der Waals surface area (Å²) < 4.78 is 0. The standard InChI is InChI=1S/C18H16Cl4N2O4S/c1-17(2,21)13-11(7-5-9(15(13)19)23(25)26)29-12-8-6-10(24(27)28)16(20)14(12)18(3,4)22/h5-8H,1-4H3. The van der Waals surface area contributed by atoms with Gasteiger partial charge in [-0.25, -0.2) is 0 Å². The summed E-state index contributed by atoms with van der Waals surface area (Å²) in [4.78, 5) is 20.4. The smallest absolute Gasteiger partial charge is 0.258 e. The van der Waals surface area contributed by atoms with Gasteiger partial charge >= 0.3 is 0 Å². The second-order valence-corrected chi connectivity index (χ2v) is 10.8. The number of halogens is 4. The van der Waals surface area contributed by atoms with Gasteiger partial charge in [0.25, 0.3) is 11.4 Å². The number of nitro groups is 2. The van der Waals surface area contributed by atoms with Gasteiger partial charge in [-0.15, -0.1) is 23.2 Å². The minimum Gasteiger partial charge on any atom is -0.258 e. The molecule has 2 aromatic carbocycles. The summed E-state index contributed by atoms with van der Waals surface area (Å²) in [7, 11) is 0. The molecule has 0 N–H and O–H groups in total. The maximum absolute atomic E-state index is 11.3. The van der Waals surface area contributed by atoms with E-state index in [0.717, 1.165) is 0 Å². The number of alkyl halides is 2. The number of nitrogens with zero attached hydrogens (tertiary/aromatic N) is 2. The van der Waals surface area contributed by atoms with Crippen molar-refractivity contribution in [1.29, 1.82) is 0 Å². The molecule has 0 amide bonds. The van der Waals surface area contributed by atoms with Crippen LogP contribution in [-0.4, -0.2) is 9.85 Å². The molecule has 0 saturated carbocycles. The van der Waals surface area contributed by atoms with E-state index in [1.807, 2.05) is 0 Å². The molecule has 0 fully saturated rings. The molecule has 0 bridgehead atoms. The summed E-state index contributed by atoms with van der Waals surface area (Å²) in [5, 5.41) is 22.4.